The van der Waals surface area contributed by atoms with E-state index in [1.807, 2.05) is 0 Å². The number of imide groups is 1. The number of carbonyl (C=O) groups excluding carboxylic acids is 2. The molecule has 1 aromatic carbocycles. The Hall–Kier alpha value is -2.33. The Morgan fingerprint density at radius 1 is 1.16 bits per heavy atom. The SMILES string of the molecule is COc1ccc(S(=O)(=O)N2CCC(N3C(=O)CNC3=O)C2)cc1OC. The first-order valence-corrected chi connectivity index (χ1v) is 9.14. The summed E-state index contributed by atoms with van der Waals surface area (Å²) in [7, 11) is -0.870. The highest BCUT2D eigenvalue weighted by Gasteiger charge is 2.41. The van der Waals surface area contributed by atoms with E-state index in [0.29, 0.717) is 17.9 Å². The summed E-state index contributed by atoms with van der Waals surface area (Å²) in [6.45, 7) is 0.270. The van der Waals surface area contributed by atoms with E-state index in [0.717, 1.165) is 4.90 Å². The Morgan fingerprint density at radius 3 is 2.48 bits per heavy atom. The molecule has 0 bridgehead atoms. The number of sulfonamides is 1. The molecule has 0 aromatic heterocycles. The van der Waals surface area contributed by atoms with E-state index in [1.165, 1.54) is 36.7 Å². The van der Waals surface area contributed by atoms with Gasteiger partial charge in [-0.05, 0) is 18.6 Å². The Labute approximate surface area is 145 Å². The number of urea groups is 1. The van der Waals surface area contributed by atoms with E-state index in [2.05, 4.69) is 5.32 Å². The smallest absolute Gasteiger partial charge is 0.324 e. The maximum absolute atomic E-state index is 12.9. The molecule has 1 atom stereocenters. The molecular weight excluding hydrogens is 350 g/mol. The standard InChI is InChI=1S/C15H19N3O6S/c1-23-12-4-3-11(7-13(12)24-2)25(21,22)17-6-5-10(9-17)18-14(19)8-16-15(18)20/h3-4,7,10H,5-6,8-9H2,1-2H3,(H,16,20). The summed E-state index contributed by atoms with van der Waals surface area (Å²) in [4.78, 5) is 24.7. The predicted octanol–water partition coefficient (Wildman–Crippen LogP) is 0.0186. The number of amides is 3. The van der Waals surface area contributed by atoms with E-state index < -0.39 is 22.1 Å². The fourth-order valence-corrected chi connectivity index (χ4v) is 4.58. The lowest BCUT2D eigenvalue weighted by atomic mass is 10.2. The predicted molar refractivity (Wildman–Crippen MR) is 87.0 cm³/mol. The van der Waals surface area contributed by atoms with Crippen LogP contribution in [0.25, 0.3) is 0 Å². The van der Waals surface area contributed by atoms with Crippen molar-refractivity contribution >= 4 is 22.0 Å². The normalized spacial score (nSPS) is 21.5. The molecule has 3 rings (SSSR count). The Balaban J connectivity index is 1.82. The van der Waals surface area contributed by atoms with Crippen LogP contribution in [-0.4, -0.2) is 69.5 Å². The van der Waals surface area contributed by atoms with Gasteiger partial charge in [0.2, 0.25) is 15.9 Å². The number of ether oxygens (including phenoxy) is 2. The second kappa shape index (κ2) is 6.52. The van der Waals surface area contributed by atoms with Crippen LogP contribution < -0.4 is 14.8 Å². The van der Waals surface area contributed by atoms with Gasteiger partial charge in [0.05, 0.1) is 31.7 Å². The molecule has 136 valence electrons. The molecule has 2 heterocycles. The molecule has 2 aliphatic rings. The molecule has 1 N–H and O–H groups in total. The van der Waals surface area contributed by atoms with Crippen LogP contribution in [0.3, 0.4) is 0 Å². The zero-order valence-corrected chi connectivity index (χ0v) is 14.7. The minimum atomic E-state index is -3.77. The molecule has 0 radical (unpaired) electrons. The third-order valence-corrected chi connectivity index (χ3v) is 6.22. The molecule has 9 nitrogen and oxygen atoms in total. The fourth-order valence-electron chi connectivity index (χ4n) is 3.07. The van der Waals surface area contributed by atoms with Crippen molar-refractivity contribution in [1.29, 1.82) is 0 Å². The number of rotatable bonds is 5. The summed E-state index contributed by atoms with van der Waals surface area (Å²) in [6, 6.07) is 3.44. The van der Waals surface area contributed by atoms with Crippen LogP contribution >= 0.6 is 0 Å². The van der Waals surface area contributed by atoms with Crippen LogP contribution in [0.1, 0.15) is 6.42 Å². The molecule has 2 saturated heterocycles. The van der Waals surface area contributed by atoms with Crippen LogP contribution in [0, 0.1) is 0 Å². The van der Waals surface area contributed by atoms with Crippen molar-refractivity contribution in [3.8, 4) is 11.5 Å². The maximum Gasteiger partial charge on any atom is 0.324 e. The van der Waals surface area contributed by atoms with E-state index >= 15 is 0 Å². The summed E-state index contributed by atoms with van der Waals surface area (Å²) in [5.74, 6) is 0.411. The number of hydrogen-bond donors (Lipinski definition) is 1. The number of carbonyl (C=O) groups is 2. The first kappa shape index (κ1) is 17.5. The highest BCUT2D eigenvalue weighted by Crippen LogP contribution is 2.32. The second-order valence-corrected chi connectivity index (χ2v) is 7.68. The fraction of sp³-hybridized carbons (Fsp3) is 0.467. The molecule has 1 unspecified atom stereocenters. The van der Waals surface area contributed by atoms with Crippen molar-refractivity contribution in [1.82, 2.24) is 14.5 Å². The summed E-state index contributed by atoms with van der Waals surface area (Å²) in [6.07, 6.45) is 0.408. The lowest BCUT2D eigenvalue weighted by Gasteiger charge is -2.21. The van der Waals surface area contributed by atoms with Crippen molar-refractivity contribution in [2.75, 3.05) is 33.9 Å². The highest BCUT2D eigenvalue weighted by molar-refractivity contribution is 7.89. The first-order chi connectivity index (χ1) is 11.9. The van der Waals surface area contributed by atoms with Crippen molar-refractivity contribution in [2.45, 2.75) is 17.4 Å². The van der Waals surface area contributed by atoms with Crippen LogP contribution in [0.2, 0.25) is 0 Å². The zero-order chi connectivity index (χ0) is 18.2. The Bertz CT molecular complexity index is 793. The molecule has 0 saturated carbocycles. The highest BCUT2D eigenvalue weighted by atomic mass is 32.2. The van der Waals surface area contributed by atoms with E-state index in [9.17, 15) is 18.0 Å². The van der Waals surface area contributed by atoms with Gasteiger partial charge >= 0.3 is 6.03 Å². The molecule has 3 amide bonds. The lowest BCUT2D eigenvalue weighted by Crippen LogP contribution is -2.42. The van der Waals surface area contributed by atoms with Crippen LogP contribution in [-0.2, 0) is 14.8 Å². The van der Waals surface area contributed by atoms with Gasteiger partial charge in [0.25, 0.3) is 0 Å². The molecular formula is C15H19N3O6S. The summed E-state index contributed by atoms with van der Waals surface area (Å²) in [5.41, 5.74) is 0. The second-order valence-electron chi connectivity index (χ2n) is 5.74. The molecule has 2 aliphatic heterocycles. The largest absolute Gasteiger partial charge is 0.493 e. The van der Waals surface area contributed by atoms with E-state index in [4.69, 9.17) is 9.47 Å². The van der Waals surface area contributed by atoms with Crippen molar-refractivity contribution in [2.24, 2.45) is 0 Å². The van der Waals surface area contributed by atoms with Gasteiger partial charge in [0.1, 0.15) is 0 Å². The topological polar surface area (TPSA) is 105 Å². The average Bonchev–Trinajstić information content (AvgIpc) is 3.21. The van der Waals surface area contributed by atoms with Crippen LogP contribution in [0.4, 0.5) is 4.79 Å². The van der Waals surface area contributed by atoms with Crippen LogP contribution in [0.15, 0.2) is 23.1 Å². The maximum atomic E-state index is 12.9. The van der Waals surface area contributed by atoms with Gasteiger partial charge in [-0.2, -0.15) is 4.31 Å². The third kappa shape index (κ3) is 3.02. The quantitative estimate of drug-likeness (QED) is 0.734. The number of hydrogen-bond acceptors (Lipinski definition) is 6. The number of methoxy groups -OCH3 is 2. The van der Waals surface area contributed by atoms with E-state index in [1.54, 1.807) is 0 Å². The molecule has 10 heteroatoms. The van der Waals surface area contributed by atoms with Crippen molar-refractivity contribution in [3.63, 3.8) is 0 Å². The monoisotopic (exact) mass is 369 g/mol. The molecule has 1 aromatic rings. The van der Waals surface area contributed by atoms with Crippen molar-refractivity contribution in [3.05, 3.63) is 18.2 Å². The minimum Gasteiger partial charge on any atom is -0.493 e. The van der Waals surface area contributed by atoms with Crippen LogP contribution in [0.5, 0.6) is 11.5 Å². The van der Waals surface area contributed by atoms with E-state index in [-0.39, 0.29) is 30.4 Å². The van der Waals surface area contributed by atoms with Gasteiger partial charge in [0, 0.05) is 19.2 Å². The Morgan fingerprint density at radius 2 is 1.88 bits per heavy atom. The van der Waals surface area contributed by atoms with Gasteiger partial charge < -0.3 is 14.8 Å². The summed E-state index contributed by atoms with van der Waals surface area (Å²) in [5, 5.41) is 2.45. The minimum absolute atomic E-state index is 0.0439. The number of nitrogens with zero attached hydrogens (tertiary/aromatic N) is 2. The first-order valence-electron chi connectivity index (χ1n) is 7.70. The van der Waals surface area contributed by atoms with Crippen molar-refractivity contribution < 1.29 is 27.5 Å². The molecule has 0 aliphatic carbocycles. The molecule has 25 heavy (non-hydrogen) atoms. The number of nitrogens with one attached hydrogen (secondary N) is 1. The van der Waals surface area contributed by atoms with Gasteiger partial charge in [-0.25, -0.2) is 13.2 Å². The lowest BCUT2D eigenvalue weighted by molar-refractivity contribution is -0.126. The zero-order valence-electron chi connectivity index (χ0n) is 13.9. The Kier molecular flexibility index (Phi) is 4.56. The van der Waals surface area contributed by atoms with Gasteiger partial charge in [-0.1, -0.05) is 0 Å². The molecule has 2 fully saturated rings. The van der Waals surface area contributed by atoms with Gasteiger partial charge in [-0.3, -0.25) is 9.69 Å². The number of benzene rings is 1. The third-order valence-electron chi connectivity index (χ3n) is 4.36. The summed E-state index contributed by atoms with van der Waals surface area (Å²) >= 11 is 0. The van der Waals surface area contributed by atoms with Gasteiger partial charge in [0.15, 0.2) is 11.5 Å². The van der Waals surface area contributed by atoms with Gasteiger partial charge in [-0.15, -0.1) is 0 Å². The summed E-state index contributed by atoms with van der Waals surface area (Å²) < 4.78 is 37.2. The molecule has 0 spiro atoms. The average molecular weight is 369 g/mol.